The molecule has 0 unspecified atom stereocenters. The monoisotopic (exact) mass is 194 g/mol. The highest BCUT2D eigenvalue weighted by Gasteiger charge is 2.56. The molecule has 4 aliphatic rings. The highest BCUT2D eigenvalue weighted by atomic mass is 16.2. The third kappa shape index (κ3) is 0.885. The molecule has 3 aliphatic carbocycles. The van der Waals surface area contributed by atoms with Crippen LogP contribution < -0.4 is 10.6 Å². The van der Waals surface area contributed by atoms with E-state index in [9.17, 15) is 9.59 Å². The van der Waals surface area contributed by atoms with Crippen LogP contribution in [0.1, 0.15) is 32.1 Å². The molecule has 0 aromatic carbocycles. The van der Waals surface area contributed by atoms with Crippen LogP contribution in [0.2, 0.25) is 0 Å². The Bertz CT molecular complexity index is 307. The molecule has 2 N–H and O–H groups in total. The molecular weight excluding hydrogens is 180 g/mol. The van der Waals surface area contributed by atoms with Crippen molar-refractivity contribution in [3.05, 3.63) is 0 Å². The fourth-order valence-corrected chi connectivity index (χ4v) is 3.42. The van der Waals surface area contributed by atoms with Gasteiger partial charge < -0.3 is 5.32 Å². The molecule has 2 bridgehead atoms. The minimum atomic E-state index is -0.530. The van der Waals surface area contributed by atoms with Crippen LogP contribution in [0.25, 0.3) is 0 Å². The van der Waals surface area contributed by atoms with Crippen LogP contribution in [-0.2, 0) is 4.79 Å². The quantitative estimate of drug-likeness (QED) is 0.560. The van der Waals surface area contributed by atoms with Crippen molar-refractivity contribution in [3.63, 3.8) is 0 Å². The molecule has 0 aromatic heterocycles. The molecule has 1 spiro atoms. The topological polar surface area (TPSA) is 58.2 Å². The molecule has 4 rings (SSSR count). The Labute approximate surface area is 82.4 Å². The highest BCUT2D eigenvalue weighted by molar-refractivity contribution is 6.07. The largest absolute Gasteiger partial charge is 0.323 e. The van der Waals surface area contributed by atoms with Gasteiger partial charge in [-0.2, -0.15) is 0 Å². The molecule has 4 heteroatoms. The summed E-state index contributed by atoms with van der Waals surface area (Å²) < 4.78 is 0. The van der Waals surface area contributed by atoms with Gasteiger partial charge in [0, 0.05) is 0 Å². The Morgan fingerprint density at radius 1 is 1.14 bits per heavy atom. The van der Waals surface area contributed by atoms with Crippen molar-refractivity contribution in [1.82, 2.24) is 10.6 Å². The minimum absolute atomic E-state index is 0.0862. The van der Waals surface area contributed by atoms with Crippen molar-refractivity contribution in [2.24, 2.45) is 11.8 Å². The minimum Gasteiger partial charge on any atom is -0.323 e. The number of urea groups is 1. The average molecular weight is 194 g/mol. The zero-order valence-electron chi connectivity index (χ0n) is 8.01. The van der Waals surface area contributed by atoms with Crippen molar-refractivity contribution < 1.29 is 9.59 Å². The van der Waals surface area contributed by atoms with E-state index in [1.54, 1.807) is 0 Å². The SMILES string of the molecule is O=C1NC(=O)[C@]2(CC3CCC2CC3)N1. The summed E-state index contributed by atoms with van der Waals surface area (Å²) in [6.07, 6.45) is 5.51. The van der Waals surface area contributed by atoms with Gasteiger partial charge in [0.2, 0.25) is 0 Å². The Kier molecular flexibility index (Phi) is 1.47. The van der Waals surface area contributed by atoms with E-state index in [0.29, 0.717) is 11.8 Å². The summed E-state index contributed by atoms with van der Waals surface area (Å²) in [6.45, 7) is 0. The predicted octanol–water partition coefficient (Wildman–Crippen LogP) is 0.775. The molecule has 0 aromatic rings. The van der Waals surface area contributed by atoms with E-state index < -0.39 is 5.54 Å². The van der Waals surface area contributed by atoms with Crippen LogP contribution in [0.4, 0.5) is 4.79 Å². The van der Waals surface area contributed by atoms with E-state index >= 15 is 0 Å². The lowest BCUT2D eigenvalue weighted by atomic mass is 9.60. The van der Waals surface area contributed by atoms with Gasteiger partial charge in [0.1, 0.15) is 5.54 Å². The number of imide groups is 1. The van der Waals surface area contributed by atoms with Crippen LogP contribution in [0, 0.1) is 11.8 Å². The number of nitrogens with one attached hydrogen (secondary N) is 2. The fourth-order valence-electron chi connectivity index (χ4n) is 3.42. The van der Waals surface area contributed by atoms with Crippen LogP contribution in [-0.4, -0.2) is 17.5 Å². The molecule has 0 radical (unpaired) electrons. The Morgan fingerprint density at radius 2 is 1.86 bits per heavy atom. The van der Waals surface area contributed by atoms with E-state index in [2.05, 4.69) is 10.6 Å². The van der Waals surface area contributed by atoms with Gasteiger partial charge in [0.05, 0.1) is 0 Å². The fraction of sp³-hybridized carbons (Fsp3) is 0.800. The summed E-state index contributed by atoms with van der Waals surface area (Å²) in [5, 5.41) is 5.22. The van der Waals surface area contributed by atoms with Crippen LogP contribution in [0.5, 0.6) is 0 Å². The second-order valence-corrected chi connectivity index (χ2v) is 4.80. The molecule has 4 nitrogen and oxygen atoms in total. The summed E-state index contributed by atoms with van der Waals surface area (Å²) in [7, 11) is 0. The first-order valence-corrected chi connectivity index (χ1v) is 5.34. The number of carbonyl (C=O) groups excluding carboxylic acids is 2. The Hall–Kier alpha value is -1.06. The first-order valence-electron chi connectivity index (χ1n) is 5.34. The maximum atomic E-state index is 11.8. The summed E-state index contributed by atoms with van der Waals surface area (Å²) >= 11 is 0. The molecule has 76 valence electrons. The Balaban J connectivity index is 1.96. The lowest BCUT2D eigenvalue weighted by Crippen LogP contribution is -2.58. The zero-order chi connectivity index (χ0) is 9.76. The summed E-state index contributed by atoms with van der Waals surface area (Å²) in [5.41, 5.74) is -0.530. The van der Waals surface area contributed by atoms with Crippen molar-refractivity contribution in [2.45, 2.75) is 37.6 Å². The normalized spacial score (nSPS) is 45.4. The lowest BCUT2D eigenvalue weighted by molar-refractivity contribution is -0.130. The average Bonchev–Trinajstić information content (AvgIpc) is 2.43. The number of carbonyl (C=O) groups is 2. The van der Waals surface area contributed by atoms with Gasteiger partial charge in [-0.3, -0.25) is 10.1 Å². The number of rotatable bonds is 0. The van der Waals surface area contributed by atoms with Crippen LogP contribution >= 0.6 is 0 Å². The number of hydrogen-bond acceptors (Lipinski definition) is 2. The lowest BCUT2D eigenvalue weighted by Gasteiger charge is -2.47. The standard InChI is InChI=1S/C10H14N2O2/c13-8-10(12-9(14)11-8)5-6-1-3-7(10)4-2-6/h6-7H,1-5H2,(H2,11,12,13,14)/t6?,7?,10-/m1/s1. The summed E-state index contributed by atoms with van der Waals surface area (Å²) in [5.74, 6) is 0.931. The van der Waals surface area contributed by atoms with Crippen molar-refractivity contribution >= 4 is 11.9 Å². The van der Waals surface area contributed by atoms with E-state index in [1.807, 2.05) is 0 Å². The van der Waals surface area contributed by atoms with Crippen molar-refractivity contribution in [1.29, 1.82) is 0 Å². The molecule has 3 amide bonds. The number of hydrogen-bond donors (Lipinski definition) is 2. The maximum Gasteiger partial charge on any atom is 0.322 e. The van der Waals surface area contributed by atoms with Gasteiger partial charge in [-0.25, -0.2) is 4.79 Å². The molecule has 4 fully saturated rings. The molecule has 3 saturated carbocycles. The molecular formula is C10H14N2O2. The first-order chi connectivity index (χ1) is 6.71. The van der Waals surface area contributed by atoms with Gasteiger partial charge in [0.25, 0.3) is 5.91 Å². The molecule has 1 atom stereocenters. The second-order valence-electron chi connectivity index (χ2n) is 4.80. The van der Waals surface area contributed by atoms with Crippen LogP contribution in [0.15, 0.2) is 0 Å². The molecule has 1 saturated heterocycles. The number of fused-ring (bicyclic) bond motifs is 2. The van der Waals surface area contributed by atoms with E-state index in [-0.39, 0.29) is 11.9 Å². The maximum absolute atomic E-state index is 11.8. The van der Waals surface area contributed by atoms with Gasteiger partial charge in [0.15, 0.2) is 0 Å². The van der Waals surface area contributed by atoms with Gasteiger partial charge in [-0.05, 0) is 43.9 Å². The molecule has 1 heterocycles. The Morgan fingerprint density at radius 3 is 2.29 bits per heavy atom. The zero-order valence-corrected chi connectivity index (χ0v) is 8.01. The van der Waals surface area contributed by atoms with Crippen LogP contribution in [0.3, 0.4) is 0 Å². The van der Waals surface area contributed by atoms with Gasteiger partial charge >= 0.3 is 6.03 Å². The van der Waals surface area contributed by atoms with E-state index in [1.165, 1.54) is 12.8 Å². The van der Waals surface area contributed by atoms with Crippen molar-refractivity contribution in [3.8, 4) is 0 Å². The van der Waals surface area contributed by atoms with Gasteiger partial charge in [-0.1, -0.05) is 0 Å². The smallest absolute Gasteiger partial charge is 0.322 e. The van der Waals surface area contributed by atoms with E-state index in [0.717, 1.165) is 19.3 Å². The summed E-state index contributed by atoms with van der Waals surface area (Å²) in [4.78, 5) is 22.9. The third-order valence-corrected chi connectivity index (χ3v) is 4.12. The summed E-state index contributed by atoms with van der Waals surface area (Å²) in [6, 6.07) is -0.303. The molecule has 14 heavy (non-hydrogen) atoms. The van der Waals surface area contributed by atoms with E-state index in [4.69, 9.17) is 0 Å². The van der Waals surface area contributed by atoms with Crippen molar-refractivity contribution in [2.75, 3.05) is 0 Å². The predicted molar refractivity (Wildman–Crippen MR) is 49.5 cm³/mol. The van der Waals surface area contributed by atoms with Gasteiger partial charge in [-0.15, -0.1) is 0 Å². The first kappa shape index (κ1) is 8.26. The third-order valence-electron chi connectivity index (χ3n) is 4.12. The molecule has 1 aliphatic heterocycles. The second kappa shape index (κ2) is 2.49. The number of amides is 3. The highest BCUT2D eigenvalue weighted by Crippen LogP contribution is 2.48.